The van der Waals surface area contributed by atoms with Crippen molar-refractivity contribution in [3.8, 4) is 0 Å². The maximum atomic E-state index is 9.88. The van der Waals surface area contributed by atoms with E-state index in [1.807, 2.05) is 71.7 Å². The molecule has 0 aliphatic carbocycles. The monoisotopic (exact) mass is 676 g/mol. The molecule has 0 fully saturated rings. The van der Waals surface area contributed by atoms with Gasteiger partial charge in [-0.25, -0.2) is 19.9 Å². The van der Waals surface area contributed by atoms with Crippen molar-refractivity contribution in [1.29, 1.82) is 0 Å². The third-order valence-corrected chi connectivity index (χ3v) is 11.2. The van der Waals surface area contributed by atoms with Crippen LogP contribution in [-0.4, -0.2) is 26.2 Å². The minimum absolute atomic E-state index is 0.792. The van der Waals surface area contributed by atoms with E-state index in [0.29, 0.717) is 0 Å². The Balaban J connectivity index is 0.000000134. The van der Waals surface area contributed by atoms with Crippen LogP contribution in [0.1, 0.15) is 30.8 Å². The molecule has 0 unspecified atom stereocenters. The first-order valence-electron chi connectivity index (χ1n) is 14.0. The molecule has 1 aliphatic heterocycles. The van der Waals surface area contributed by atoms with Crippen LogP contribution in [0.4, 0.5) is 0 Å². The average Bonchev–Trinajstić information content (AvgIpc) is 3.93. The van der Waals surface area contributed by atoms with E-state index >= 15 is 0 Å². The Morgan fingerprint density at radius 3 is 1.31 bits per heavy atom. The highest BCUT2D eigenvalue weighted by Crippen LogP contribution is 2.28. The minimum atomic E-state index is 0.792. The van der Waals surface area contributed by atoms with E-state index in [9.17, 15) is 4.79 Å². The quantitative estimate of drug-likeness (QED) is 0.175. The lowest BCUT2D eigenvalue weighted by atomic mass is 10.2. The van der Waals surface area contributed by atoms with Crippen molar-refractivity contribution < 1.29 is 4.79 Å². The number of benzene rings is 2. The summed E-state index contributed by atoms with van der Waals surface area (Å²) in [5, 5.41) is 6.08. The molecule has 5 nitrogen and oxygen atoms in total. The number of rotatable bonds is 3. The van der Waals surface area contributed by atoms with Crippen molar-refractivity contribution in [1.82, 2.24) is 19.9 Å². The van der Waals surface area contributed by atoms with Crippen molar-refractivity contribution in [3.63, 3.8) is 0 Å². The molecule has 0 spiro atoms. The Morgan fingerprint density at radius 1 is 0.511 bits per heavy atom. The first kappa shape index (κ1) is 29.6. The average molecular weight is 677 g/mol. The van der Waals surface area contributed by atoms with Gasteiger partial charge in [-0.05, 0) is 70.8 Å². The number of aldehydes is 1. The lowest BCUT2D eigenvalue weighted by Gasteiger charge is -1.99. The van der Waals surface area contributed by atoms with Gasteiger partial charge in [0.05, 0.1) is 47.4 Å². The number of aromatic nitrogens is 4. The number of carbonyl (C=O) groups excluding carboxylic acids is 1. The zero-order valence-corrected chi connectivity index (χ0v) is 27.8. The second-order valence-corrected chi connectivity index (χ2v) is 14.8. The van der Waals surface area contributed by atoms with Gasteiger partial charge >= 0.3 is 0 Å². The molecule has 1 aliphatic rings. The predicted molar refractivity (Wildman–Crippen MR) is 194 cm³/mol. The third kappa shape index (κ3) is 6.95. The molecule has 7 heterocycles. The van der Waals surface area contributed by atoms with Crippen molar-refractivity contribution in [2.45, 2.75) is 11.5 Å². The van der Waals surface area contributed by atoms with E-state index in [0.717, 1.165) is 55.8 Å². The maximum absolute atomic E-state index is 9.88. The van der Waals surface area contributed by atoms with Crippen LogP contribution in [0.25, 0.3) is 45.3 Å². The molecule has 45 heavy (non-hydrogen) atoms. The van der Waals surface area contributed by atoms with Gasteiger partial charge in [0.2, 0.25) is 0 Å². The van der Waals surface area contributed by atoms with Crippen molar-refractivity contribution in [2.75, 3.05) is 0 Å². The number of hydrogen-bond acceptors (Lipinski definition) is 10. The van der Waals surface area contributed by atoms with Gasteiger partial charge in [-0.2, -0.15) is 0 Å². The smallest absolute Gasteiger partial charge is 0.159 e. The maximum Gasteiger partial charge on any atom is 0.159 e. The van der Waals surface area contributed by atoms with Crippen LogP contribution in [-0.2, 0) is 11.5 Å². The van der Waals surface area contributed by atoms with Crippen LogP contribution in [0.15, 0.2) is 101 Å². The molecule has 0 saturated heterocycles. The minimum Gasteiger partial charge on any atom is -0.297 e. The molecule has 8 aromatic rings. The van der Waals surface area contributed by atoms with Crippen molar-refractivity contribution >= 4 is 109 Å². The van der Waals surface area contributed by atoms with Crippen LogP contribution in [0.5, 0.6) is 0 Å². The summed E-state index contributed by atoms with van der Waals surface area (Å²) in [6.45, 7) is 0. The van der Waals surface area contributed by atoms with Crippen molar-refractivity contribution in [3.05, 3.63) is 136 Å². The largest absolute Gasteiger partial charge is 0.297 e. The highest BCUT2D eigenvalue weighted by Gasteiger charge is 2.14. The van der Waals surface area contributed by atoms with Crippen molar-refractivity contribution in [2.24, 2.45) is 0 Å². The molecule has 6 aromatic heterocycles. The van der Waals surface area contributed by atoms with Gasteiger partial charge in [0.15, 0.2) is 6.29 Å². The van der Waals surface area contributed by atoms with Gasteiger partial charge in [-0.3, -0.25) is 4.79 Å². The zero-order valence-electron chi connectivity index (χ0n) is 23.7. The predicted octanol–water partition coefficient (Wildman–Crippen LogP) is 8.56. The molecule has 0 atom stereocenters. The summed E-state index contributed by atoms with van der Waals surface area (Å²) < 4.78 is 2.33. The molecule has 0 amide bonds. The Morgan fingerprint density at radius 2 is 0.933 bits per heavy atom. The Bertz CT molecular complexity index is 2190. The molecule has 0 N–H and O–H groups in total. The first-order chi connectivity index (χ1) is 22.2. The molecule has 0 bridgehead atoms. The number of thiophene rings is 4. The van der Waals surface area contributed by atoms with Crippen LogP contribution < -0.4 is 9.06 Å². The Kier molecular flexibility index (Phi) is 9.17. The van der Waals surface area contributed by atoms with E-state index in [1.54, 1.807) is 40.1 Å². The standard InChI is InChI=1S/C20H12N2S3.C10H8N2S.C5H4OS/c1-2-8-16-15(7-1)21-19-17(11-13-5-3-9-23-13)25-18(20(19)22-16)12-14-6-4-10-24-14;1-2-4-8-7(3-1)11-9-5-13-6-10(9)12-8;6-4-5-2-1-3-7-5/h1-12H;1-4H,5-6H2;1-4H/b17-11-,18-12-;;. The van der Waals surface area contributed by atoms with E-state index in [-0.39, 0.29) is 0 Å². The number of carbonyl (C=O) groups is 1. The zero-order chi connectivity index (χ0) is 30.4. The second kappa shape index (κ2) is 13.9. The van der Waals surface area contributed by atoms with E-state index in [2.05, 4.69) is 57.1 Å². The van der Waals surface area contributed by atoms with Crippen LogP contribution in [0.2, 0.25) is 0 Å². The van der Waals surface area contributed by atoms with Gasteiger partial charge in [-0.1, -0.05) is 42.5 Å². The van der Waals surface area contributed by atoms with E-state index < -0.39 is 0 Å². The van der Waals surface area contributed by atoms with Gasteiger partial charge in [0, 0.05) is 21.3 Å². The summed E-state index contributed by atoms with van der Waals surface area (Å²) in [7, 11) is 0. The first-order valence-corrected chi connectivity index (χ1v) is 18.6. The van der Waals surface area contributed by atoms with Gasteiger partial charge in [-0.15, -0.1) is 57.1 Å². The number of fused-ring (bicyclic) bond motifs is 4. The molecule has 2 aromatic carbocycles. The summed E-state index contributed by atoms with van der Waals surface area (Å²) >= 11 is 8.58. The molecule has 10 heteroatoms. The number of para-hydroxylation sites is 4. The molecular weight excluding hydrogens is 653 g/mol. The normalized spacial score (nSPS) is 13.0. The summed E-state index contributed by atoms with van der Waals surface area (Å²) in [4.78, 5) is 32.1. The van der Waals surface area contributed by atoms with E-state index in [1.165, 1.54) is 41.5 Å². The number of hydrogen-bond donors (Lipinski definition) is 0. The molecular formula is C35H24N4OS5. The van der Waals surface area contributed by atoms with Gasteiger partial charge in [0.25, 0.3) is 0 Å². The summed E-state index contributed by atoms with van der Waals surface area (Å²) in [6, 6.07) is 28.2. The Labute approximate surface area is 279 Å². The van der Waals surface area contributed by atoms with Gasteiger partial charge < -0.3 is 0 Å². The van der Waals surface area contributed by atoms with Crippen LogP contribution >= 0.6 is 57.1 Å². The Hall–Kier alpha value is -4.06. The second-order valence-electron chi connectivity index (χ2n) is 9.79. The molecule has 0 radical (unpaired) electrons. The lowest BCUT2D eigenvalue weighted by molar-refractivity contribution is 0.112. The lowest BCUT2D eigenvalue weighted by Crippen LogP contribution is -1.97. The van der Waals surface area contributed by atoms with Crippen LogP contribution in [0.3, 0.4) is 0 Å². The van der Waals surface area contributed by atoms with Crippen LogP contribution in [0, 0.1) is 0 Å². The topological polar surface area (TPSA) is 68.6 Å². The highest BCUT2D eigenvalue weighted by atomic mass is 32.2. The fourth-order valence-electron chi connectivity index (χ4n) is 4.67. The molecule has 220 valence electrons. The summed E-state index contributed by atoms with van der Waals surface area (Å²) in [5.74, 6) is 2.04. The fraction of sp³-hybridized carbons (Fsp3) is 0.0571. The molecule has 0 saturated carbocycles. The molecule has 9 rings (SSSR count). The van der Waals surface area contributed by atoms with Gasteiger partial charge in [0.1, 0.15) is 11.0 Å². The SMILES string of the molecule is C(/c1cccs1)=c1/s/c(=C\c2cccs2)c2nc3ccccc3nc12.O=Cc1cccs1.c1ccc2nc3c(nc2c1)CSC3. The van der Waals surface area contributed by atoms with E-state index in [4.69, 9.17) is 9.97 Å². The summed E-state index contributed by atoms with van der Waals surface area (Å²) in [5.41, 5.74) is 8.23. The fourth-order valence-corrected chi connectivity index (χ4v) is 8.70. The number of nitrogens with zero attached hydrogens (tertiary/aromatic N) is 4. The summed E-state index contributed by atoms with van der Waals surface area (Å²) in [6.07, 6.45) is 5.28. The highest BCUT2D eigenvalue weighted by molar-refractivity contribution is 7.98. The third-order valence-electron chi connectivity index (χ3n) is 6.75. The number of thioether (sulfide) groups is 1.